The lowest BCUT2D eigenvalue weighted by molar-refractivity contribution is -0.139. The van der Waals surface area contributed by atoms with E-state index in [1.807, 2.05) is 0 Å². The summed E-state index contributed by atoms with van der Waals surface area (Å²) in [7, 11) is 3.04. The van der Waals surface area contributed by atoms with Crippen molar-refractivity contribution in [3.63, 3.8) is 0 Å². The molecule has 1 amide bonds. The van der Waals surface area contributed by atoms with Gasteiger partial charge in [-0.1, -0.05) is 0 Å². The molecule has 1 aromatic carbocycles. The molecule has 1 rings (SSSR count). The van der Waals surface area contributed by atoms with Crippen LogP contribution in [0.1, 0.15) is 23.2 Å². The third kappa shape index (κ3) is 5.35. The van der Waals surface area contributed by atoms with Crippen LogP contribution in [0.4, 0.5) is 0 Å². The van der Waals surface area contributed by atoms with Crippen LogP contribution in [-0.4, -0.2) is 43.9 Å². The van der Waals surface area contributed by atoms with Crippen LogP contribution < -0.4 is 10.1 Å². The van der Waals surface area contributed by atoms with Crippen molar-refractivity contribution in [3.05, 3.63) is 28.2 Å². The molecule has 0 spiro atoms. The Hall–Kier alpha value is -1.60. The minimum Gasteiger partial charge on any atom is -0.497 e. The number of hydrogen-bond acceptors (Lipinski definition) is 4. The SMILES string of the molecule is COCCCC(NC(=O)c1cc(OC)ccc1Br)C(=O)O. The topological polar surface area (TPSA) is 84.9 Å². The molecule has 0 saturated heterocycles. The highest BCUT2D eigenvalue weighted by Crippen LogP contribution is 2.22. The number of rotatable bonds is 8. The highest BCUT2D eigenvalue weighted by Gasteiger charge is 2.21. The number of aliphatic carboxylic acids is 1. The quantitative estimate of drug-likeness (QED) is 0.694. The fourth-order valence-corrected chi connectivity index (χ4v) is 2.16. The summed E-state index contributed by atoms with van der Waals surface area (Å²) < 4.78 is 10.5. The number of carbonyl (C=O) groups is 2. The molecule has 1 unspecified atom stereocenters. The predicted octanol–water partition coefficient (Wildman–Crippen LogP) is 2.07. The molecule has 0 heterocycles. The number of hydrogen-bond donors (Lipinski definition) is 2. The first-order chi connectivity index (χ1) is 9.99. The monoisotopic (exact) mass is 359 g/mol. The summed E-state index contributed by atoms with van der Waals surface area (Å²) in [5.41, 5.74) is 0.326. The van der Waals surface area contributed by atoms with Gasteiger partial charge in [-0.05, 0) is 47.0 Å². The molecule has 0 radical (unpaired) electrons. The van der Waals surface area contributed by atoms with Gasteiger partial charge in [0.1, 0.15) is 11.8 Å². The van der Waals surface area contributed by atoms with Crippen molar-refractivity contribution in [2.45, 2.75) is 18.9 Å². The summed E-state index contributed by atoms with van der Waals surface area (Å²) in [4.78, 5) is 23.4. The predicted molar refractivity (Wildman–Crippen MR) is 80.7 cm³/mol. The Bertz CT molecular complexity index is 506. The number of nitrogens with one attached hydrogen (secondary N) is 1. The molecular formula is C14H18BrNO5. The summed E-state index contributed by atoms with van der Waals surface area (Å²) in [5.74, 6) is -1.02. The number of benzene rings is 1. The fraction of sp³-hybridized carbons (Fsp3) is 0.429. The van der Waals surface area contributed by atoms with E-state index in [1.54, 1.807) is 25.3 Å². The minimum atomic E-state index is -1.07. The van der Waals surface area contributed by atoms with Gasteiger partial charge < -0.3 is 19.9 Å². The molecule has 1 aromatic rings. The molecule has 116 valence electrons. The second kappa shape index (κ2) is 8.63. The highest BCUT2D eigenvalue weighted by molar-refractivity contribution is 9.10. The minimum absolute atomic E-state index is 0.302. The van der Waals surface area contributed by atoms with Crippen molar-refractivity contribution < 1.29 is 24.2 Å². The van der Waals surface area contributed by atoms with Gasteiger partial charge in [0.25, 0.3) is 5.91 Å². The molecule has 0 aromatic heterocycles. The zero-order valence-electron chi connectivity index (χ0n) is 11.9. The van der Waals surface area contributed by atoms with E-state index >= 15 is 0 Å². The van der Waals surface area contributed by atoms with Crippen LogP contribution in [0.5, 0.6) is 5.75 Å². The average molecular weight is 360 g/mol. The van der Waals surface area contributed by atoms with E-state index in [1.165, 1.54) is 7.11 Å². The van der Waals surface area contributed by atoms with Crippen molar-refractivity contribution in [2.75, 3.05) is 20.8 Å². The van der Waals surface area contributed by atoms with Gasteiger partial charge in [0.15, 0.2) is 0 Å². The van der Waals surface area contributed by atoms with Gasteiger partial charge in [0.05, 0.1) is 12.7 Å². The maximum atomic E-state index is 12.2. The van der Waals surface area contributed by atoms with E-state index in [2.05, 4.69) is 21.2 Å². The van der Waals surface area contributed by atoms with Gasteiger partial charge >= 0.3 is 5.97 Å². The number of ether oxygens (including phenoxy) is 2. The van der Waals surface area contributed by atoms with Gasteiger partial charge in [-0.25, -0.2) is 4.79 Å². The molecule has 6 nitrogen and oxygen atoms in total. The van der Waals surface area contributed by atoms with E-state index in [0.717, 1.165) is 0 Å². The van der Waals surface area contributed by atoms with E-state index < -0.39 is 17.9 Å². The molecule has 0 aliphatic heterocycles. The van der Waals surface area contributed by atoms with Crippen molar-refractivity contribution in [1.82, 2.24) is 5.32 Å². The van der Waals surface area contributed by atoms with Gasteiger partial charge in [-0.15, -0.1) is 0 Å². The molecule has 7 heteroatoms. The van der Waals surface area contributed by atoms with Crippen molar-refractivity contribution in [3.8, 4) is 5.75 Å². The smallest absolute Gasteiger partial charge is 0.326 e. The molecule has 0 aliphatic rings. The Morgan fingerprint density at radius 1 is 1.38 bits per heavy atom. The number of methoxy groups -OCH3 is 2. The summed E-state index contributed by atoms with van der Waals surface area (Å²) in [6.07, 6.45) is 0.851. The van der Waals surface area contributed by atoms with Gasteiger partial charge in [-0.3, -0.25) is 4.79 Å². The second-order valence-electron chi connectivity index (χ2n) is 4.35. The van der Waals surface area contributed by atoms with Crippen LogP contribution in [0, 0.1) is 0 Å². The molecule has 21 heavy (non-hydrogen) atoms. The van der Waals surface area contributed by atoms with Crippen LogP contribution in [0.3, 0.4) is 0 Å². The lowest BCUT2D eigenvalue weighted by Gasteiger charge is -2.15. The Morgan fingerprint density at radius 2 is 2.10 bits per heavy atom. The second-order valence-corrected chi connectivity index (χ2v) is 5.20. The maximum absolute atomic E-state index is 12.2. The largest absolute Gasteiger partial charge is 0.497 e. The summed E-state index contributed by atoms with van der Waals surface area (Å²) in [6.45, 7) is 0.447. The molecule has 0 aliphatic carbocycles. The van der Waals surface area contributed by atoms with Crippen molar-refractivity contribution in [1.29, 1.82) is 0 Å². The molecular weight excluding hydrogens is 342 g/mol. The van der Waals surface area contributed by atoms with E-state index in [9.17, 15) is 9.59 Å². The molecule has 0 saturated carbocycles. The zero-order valence-corrected chi connectivity index (χ0v) is 13.5. The number of carboxylic acid groups (broad SMARTS) is 1. The average Bonchev–Trinajstić information content (AvgIpc) is 2.46. The molecule has 1 atom stereocenters. The number of halogens is 1. The van der Waals surface area contributed by atoms with E-state index in [-0.39, 0.29) is 0 Å². The van der Waals surface area contributed by atoms with Crippen molar-refractivity contribution in [2.24, 2.45) is 0 Å². The number of carbonyl (C=O) groups excluding carboxylic acids is 1. The number of amides is 1. The third-order valence-corrected chi connectivity index (χ3v) is 3.55. The van der Waals surface area contributed by atoms with Crippen LogP contribution in [0.2, 0.25) is 0 Å². The molecule has 0 bridgehead atoms. The van der Waals surface area contributed by atoms with E-state index in [4.69, 9.17) is 14.6 Å². The third-order valence-electron chi connectivity index (χ3n) is 2.86. The Morgan fingerprint density at radius 3 is 2.67 bits per heavy atom. The highest BCUT2D eigenvalue weighted by atomic mass is 79.9. The Labute approximate surface area is 131 Å². The first-order valence-corrected chi connectivity index (χ1v) is 7.15. The van der Waals surface area contributed by atoms with Gasteiger partial charge in [-0.2, -0.15) is 0 Å². The Kier molecular flexibility index (Phi) is 7.18. The van der Waals surface area contributed by atoms with Gasteiger partial charge in [0.2, 0.25) is 0 Å². The van der Waals surface area contributed by atoms with Crippen LogP contribution in [0.15, 0.2) is 22.7 Å². The zero-order chi connectivity index (χ0) is 15.8. The summed E-state index contributed by atoms with van der Waals surface area (Å²) in [5, 5.41) is 11.7. The molecule has 2 N–H and O–H groups in total. The molecule has 0 fully saturated rings. The lowest BCUT2D eigenvalue weighted by Crippen LogP contribution is -2.41. The van der Waals surface area contributed by atoms with Crippen LogP contribution >= 0.6 is 15.9 Å². The fourth-order valence-electron chi connectivity index (χ4n) is 1.73. The lowest BCUT2D eigenvalue weighted by atomic mass is 10.1. The normalized spacial score (nSPS) is 11.8. The van der Waals surface area contributed by atoms with E-state index in [0.29, 0.717) is 35.2 Å². The Balaban J connectivity index is 2.79. The summed E-state index contributed by atoms with van der Waals surface area (Å²) in [6, 6.07) is 3.97. The standard InChI is InChI=1S/C14H18BrNO5/c1-20-7-3-4-12(14(18)19)16-13(17)10-8-9(21-2)5-6-11(10)15/h5-6,8,12H,3-4,7H2,1-2H3,(H,16,17)(H,18,19). The first-order valence-electron chi connectivity index (χ1n) is 6.35. The van der Waals surface area contributed by atoms with Crippen LogP contribution in [-0.2, 0) is 9.53 Å². The maximum Gasteiger partial charge on any atom is 0.326 e. The summed E-state index contributed by atoms with van der Waals surface area (Å²) >= 11 is 3.27. The van der Waals surface area contributed by atoms with Crippen LogP contribution in [0.25, 0.3) is 0 Å². The van der Waals surface area contributed by atoms with Crippen molar-refractivity contribution >= 4 is 27.8 Å². The van der Waals surface area contributed by atoms with Gasteiger partial charge in [0, 0.05) is 18.2 Å². The number of carboxylic acids is 1. The first kappa shape index (κ1) is 17.5.